The fraction of sp³-hybridized carbons (Fsp3) is 0.947. The van der Waals surface area contributed by atoms with Crippen LogP contribution in [0.5, 0.6) is 0 Å². The fourth-order valence-electron chi connectivity index (χ4n) is 11.7. The Balaban J connectivity index is 5.27. The van der Waals surface area contributed by atoms with Crippen molar-refractivity contribution in [3.8, 4) is 0 Å². The highest BCUT2D eigenvalue weighted by Crippen LogP contribution is 2.45. The summed E-state index contributed by atoms with van der Waals surface area (Å²) >= 11 is 0. The van der Waals surface area contributed by atoms with Gasteiger partial charge in [0, 0.05) is 25.7 Å². The Labute approximate surface area is 581 Å². The lowest BCUT2D eigenvalue weighted by atomic mass is 9.99. The highest BCUT2D eigenvalue weighted by molar-refractivity contribution is 7.47. The van der Waals surface area contributed by atoms with Gasteiger partial charge in [-0.2, -0.15) is 0 Å². The zero-order chi connectivity index (χ0) is 69.8. The van der Waals surface area contributed by atoms with Crippen LogP contribution in [0.1, 0.15) is 401 Å². The van der Waals surface area contributed by atoms with E-state index in [1.54, 1.807) is 0 Å². The average molecular weight is 1400 g/mol. The van der Waals surface area contributed by atoms with E-state index in [1.807, 2.05) is 0 Å². The highest BCUT2D eigenvalue weighted by Gasteiger charge is 2.30. The van der Waals surface area contributed by atoms with Crippen molar-refractivity contribution in [1.29, 1.82) is 0 Å². The Hall–Kier alpha value is -1.94. The van der Waals surface area contributed by atoms with Gasteiger partial charge in [0.1, 0.15) is 19.3 Å². The molecule has 0 aliphatic rings. The molecule has 0 rings (SSSR count). The number of hydrogen-bond donors (Lipinski definition) is 3. The summed E-state index contributed by atoms with van der Waals surface area (Å²) in [5, 5.41) is 10.6. The Morgan fingerprint density at radius 2 is 0.505 bits per heavy atom. The molecule has 0 aromatic rings. The third kappa shape index (κ3) is 69.0. The molecular formula is C76H148O17P2. The van der Waals surface area contributed by atoms with Gasteiger partial charge in [-0.1, -0.05) is 349 Å². The first kappa shape index (κ1) is 93.1. The summed E-state index contributed by atoms with van der Waals surface area (Å²) in [5.41, 5.74) is 0. The molecule has 0 aliphatic heterocycles. The third-order valence-corrected chi connectivity index (χ3v) is 20.0. The number of ether oxygens (including phenoxy) is 4. The van der Waals surface area contributed by atoms with E-state index in [1.165, 1.54) is 225 Å². The average Bonchev–Trinajstić information content (AvgIpc) is 1.90. The molecular weight excluding hydrogens is 1250 g/mol. The molecule has 0 heterocycles. The first-order chi connectivity index (χ1) is 46.1. The van der Waals surface area contributed by atoms with Gasteiger partial charge >= 0.3 is 39.5 Å². The molecule has 0 radical (unpaired) electrons. The number of aliphatic hydroxyl groups excluding tert-OH is 1. The van der Waals surface area contributed by atoms with Gasteiger partial charge in [0.2, 0.25) is 0 Å². The van der Waals surface area contributed by atoms with E-state index in [0.717, 1.165) is 95.8 Å². The normalized spacial score (nSPS) is 14.2. The molecule has 0 amide bonds. The number of esters is 4. The van der Waals surface area contributed by atoms with Gasteiger partial charge in [0.05, 0.1) is 26.4 Å². The second-order valence-corrected chi connectivity index (χ2v) is 30.5. The molecule has 3 unspecified atom stereocenters. The second-order valence-electron chi connectivity index (χ2n) is 27.6. The first-order valence-corrected chi connectivity index (χ1v) is 42.7. The van der Waals surface area contributed by atoms with Crippen LogP contribution in [0.4, 0.5) is 0 Å². The second kappa shape index (κ2) is 69.2. The standard InChI is InChI=1S/C76H148O17P2/c1-6-10-13-16-19-22-25-28-29-32-35-42-47-52-57-62-76(81)93-72(66-87-74(79)60-55-50-45-40-37-36-38-43-48-53-58-69(5)9-4)68-91-95(84,85)89-64-70(77)63-88-94(82,83)90-67-71(92-75(80)61-56-51-46-41-34-31-27-24-21-18-15-12-8-3)65-86-73(78)59-54-49-44-39-33-30-26-23-20-17-14-11-7-2/h69-72,77H,6-68H2,1-5H3,(H,82,83)(H,84,85)/t69?,70-,71+,72+/m0/s1. The predicted octanol–water partition coefficient (Wildman–Crippen LogP) is 22.5. The lowest BCUT2D eigenvalue weighted by Gasteiger charge is -2.21. The van der Waals surface area contributed by atoms with E-state index in [0.29, 0.717) is 25.7 Å². The minimum absolute atomic E-state index is 0.108. The number of carbonyl (C=O) groups is 4. The van der Waals surface area contributed by atoms with Crippen molar-refractivity contribution in [3.63, 3.8) is 0 Å². The Kier molecular flexibility index (Phi) is 67.7. The summed E-state index contributed by atoms with van der Waals surface area (Å²) < 4.78 is 68.6. The van der Waals surface area contributed by atoms with Crippen molar-refractivity contribution in [1.82, 2.24) is 0 Å². The maximum atomic E-state index is 13.1. The lowest BCUT2D eigenvalue weighted by molar-refractivity contribution is -0.161. The van der Waals surface area contributed by atoms with E-state index in [4.69, 9.17) is 37.0 Å². The molecule has 0 saturated heterocycles. The maximum Gasteiger partial charge on any atom is 0.472 e. The van der Waals surface area contributed by atoms with Crippen LogP contribution in [-0.2, 0) is 65.4 Å². The summed E-state index contributed by atoms with van der Waals surface area (Å²) in [7, 11) is -9.91. The van der Waals surface area contributed by atoms with Crippen LogP contribution in [0.25, 0.3) is 0 Å². The van der Waals surface area contributed by atoms with Crippen LogP contribution in [0.3, 0.4) is 0 Å². The molecule has 0 spiro atoms. The van der Waals surface area contributed by atoms with Crippen molar-refractivity contribution in [2.45, 2.75) is 419 Å². The van der Waals surface area contributed by atoms with E-state index >= 15 is 0 Å². The third-order valence-electron chi connectivity index (χ3n) is 18.1. The number of phosphoric acid groups is 2. The molecule has 6 atom stereocenters. The van der Waals surface area contributed by atoms with Gasteiger partial charge in [-0.05, 0) is 31.6 Å². The van der Waals surface area contributed by atoms with Crippen molar-refractivity contribution in [2.75, 3.05) is 39.6 Å². The van der Waals surface area contributed by atoms with E-state index in [-0.39, 0.29) is 25.7 Å². The van der Waals surface area contributed by atoms with Gasteiger partial charge in [0.15, 0.2) is 12.2 Å². The lowest BCUT2D eigenvalue weighted by Crippen LogP contribution is -2.30. The molecule has 17 nitrogen and oxygen atoms in total. The number of hydrogen-bond acceptors (Lipinski definition) is 15. The minimum atomic E-state index is -4.96. The van der Waals surface area contributed by atoms with Crippen molar-refractivity contribution in [3.05, 3.63) is 0 Å². The highest BCUT2D eigenvalue weighted by atomic mass is 31.2. The first-order valence-electron chi connectivity index (χ1n) is 39.7. The number of rotatable bonds is 76. The Bertz CT molecular complexity index is 1820. The molecule has 3 N–H and O–H groups in total. The van der Waals surface area contributed by atoms with Crippen LogP contribution in [-0.4, -0.2) is 96.7 Å². The van der Waals surface area contributed by atoms with Gasteiger partial charge < -0.3 is 33.8 Å². The zero-order valence-electron chi connectivity index (χ0n) is 61.8. The molecule has 0 aromatic carbocycles. The fourth-order valence-corrected chi connectivity index (χ4v) is 13.3. The quantitative estimate of drug-likeness (QED) is 0.0222. The molecule has 95 heavy (non-hydrogen) atoms. The molecule has 564 valence electrons. The molecule has 0 saturated carbocycles. The molecule has 0 aliphatic carbocycles. The van der Waals surface area contributed by atoms with Crippen molar-refractivity contribution in [2.24, 2.45) is 5.92 Å². The Morgan fingerprint density at radius 3 is 0.747 bits per heavy atom. The summed E-state index contributed by atoms with van der Waals surface area (Å²) in [6.45, 7) is 7.33. The monoisotopic (exact) mass is 1400 g/mol. The van der Waals surface area contributed by atoms with E-state index in [2.05, 4.69) is 34.6 Å². The van der Waals surface area contributed by atoms with Crippen LogP contribution in [0.2, 0.25) is 0 Å². The number of unbranched alkanes of at least 4 members (excludes halogenated alkanes) is 47. The Morgan fingerprint density at radius 1 is 0.295 bits per heavy atom. The van der Waals surface area contributed by atoms with Gasteiger partial charge in [-0.3, -0.25) is 37.3 Å². The van der Waals surface area contributed by atoms with Crippen LogP contribution in [0.15, 0.2) is 0 Å². The number of aliphatic hydroxyl groups is 1. The zero-order valence-corrected chi connectivity index (χ0v) is 63.6. The van der Waals surface area contributed by atoms with Crippen molar-refractivity contribution >= 4 is 39.5 Å². The smallest absolute Gasteiger partial charge is 0.462 e. The van der Waals surface area contributed by atoms with Crippen LogP contribution < -0.4 is 0 Å². The SMILES string of the molecule is CCCCCCCCCCCCCCCCCC(=O)O[C@H](COC(=O)CCCCCCCCCCCCC(C)CC)COP(=O)(O)OC[C@@H](O)COP(=O)(O)OC[C@@H](COC(=O)CCCCCCCCCCCCCCC)OC(=O)CCCCCCCCCCCCCCC. The molecule has 0 aromatic heterocycles. The van der Waals surface area contributed by atoms with E-state index in [9.17, 15) is 43.2 Å². The number of carbonyl (C=O) groups excluding carboxylic acids is 4. The van der Waals surface area contributed by atoms with Crippen molar-refractivity contribution < 1.29 is 80.2 Å². The summed E-state index contributed by atoms with van der Waals surface area (Å²) in [4.78, 5) is 72.9. The molecule has 0 bridgehead atoms. The summed E-state index contributed by atoms with van der Waals surface area (Å²) in [6, 6.07) is 0. The van der Waals surface area contributed by atoms with E-state index < -0.39 is 97.5 Å². The van der Waals surface area contributed by atoms with Crippen LogP contribution in [0, 0.1) is 5.92 Å². The largest absolute Gasteiger partial charge is 0.472 e. The predicted molar refractivity (Wildman–Crippen MR) is 386 cm³/mol. The van der Waals surface area contributed by atoms with Gasteiger partial charge in [0.25, 0.3) is 0 Å². The topological polar surface area (TPSA) is 237 Å². The number of phosphoric ester groups is 2. The molecule has 19 heteroatoms. The van der Waals surface area contributed by atoms with Gasteiger partial charge in [-0.25, -0.2) is 9.13 Å². The minimum Gasteiger partial charge on any atom is -0.462 e. The summed E-state index contributed by atoms with van der Waals surface area (Å²) in [5.74, 6) is -1.30. The van der Waals surface area contributed by atoms with Gasteiger partial charge in [-0.15, -0.1) is 0 Å². The summed E-state index contributed by atoms with van der Waals surface area (Å²) in [6.07, 6.45) is 57.9. The van der Waals surface area contributed by atoms with Crippen LogP contribution >= 0.6 is 15.6 Å². The molecule has 0 fully saturated rings. The maximum absolute atomic E-state index is 13.1.